The molecule has 92 valence electrons. The van der Waals surface area contributed by atoms with Gasteiger partial charge in [0.05, 0.1) is 17.2 Å². The fraction of sp³-hybridized carbons (Fsp3) is 0.545. The molecule has 17 heavy (non-hydrogen) atoms. The Morgan fingerprint density at radius 1 is 1.59 bits per heavy atom. The second-order valence-corrected chi connectivity index (χ2v) is 4.90. The zero-order valence-corrected chi connectivity index (χ0v) is 10.7. The summed E-state index contributed by atoms with van der Waals surface area (Å²) < 4.78 is 0. The van der Waals surface area contributed by atoms with Crippen molar-refractivity contribution in [2.45, 2.75) is 31.8 Å². The van der Waals surface area contributed by atoms with E-state index in [0.717, 1.165) is 5.69 Å². The van der Waals surface area contributed by atoms with Gasteiger partial charge >= 0.3 is 0 Å². The van der Waals surface area contributed by atoms with Crippen LogP contribution in [0.5, 0.6) is 0 Å². The summed E-state index contributed by atoms with van der Waals surface area (Å²) in [4.78, 5) is 28.6. The summed E-state index contributed by atoms with van der Waals surface area (Å²) in [6.45, 7) is 1.97. The molecule has 0 aliphatic carbocycles. The number of likely N-dealkylation sites (N-methyl/N-ethyl adjacent to an activating group) is 1. The van der Waals surface area contributed by atoms with Gasteiger partial charge in [0.1, 0.15) is 0 Å². The number of nitrogens with zero attached hydrogens (tertiary/aromatic N) is 2. The van der Waals surface area contributed by atoms with Crippen LogP contribution in [0.15, 0.2) is 10.9 Å². The largest absolute Gasteiger partial charge is 0.298 e. The van der Waals surface area contributed by atoms with Crippen molar-refractivity contribution in [3.05, 3.63) is 16.6 Å². The number of carbonyl (C=O) groups is 2. The lowest BCUT2D eigenvalue weighted by Crippen LogP contribution is -2.51. The van der Waals surface area contributed by atoms with Crippen molar-refractivity contribution < 1.29 is 9.59 Å². The second kappa shape index (κ2) is 4.93. The molecule has 1 saturated heterocycles. The third-order valence-electron chi connectivity index (χ3n) is 3.00. The van der Waals surface area contributed by atoms with E-state index in [1.165, 1.54) is 23.3 Å². The van der Waals surface area contributed by atoms with Crippen LogP contribution in [0.1, 0.15) is 31.5 Å². The van der Waals surface area contributed by atoms with Gasteiger partial charge in [-0.15, -0.1) is 11.3 Å². The van der Waals surface area contributed by atoms with Gasteiger partial charge in [0.15, 0.2) is 0 Å². The van der Waals surface area contributed by atoms with Gasteiger partial charge in [-0.2, -0.15) is 0 Å². The number of piperidine rings is 1. The molecule has 2 heterocycles. The van der Waals surface area contributed by atoms with E-state index in [9.17, 15) is 9.59 Å². The highest BCUT2D eigenvalue weighted by Gasteiger charge is 2.32. The molecule has 1 aromatic rings. The Labute approximate surface area is 104 Å². The molecule has 2 unspecified atom stereocenters. The number of carbonyl (C=O) groups excluding carboxylic acids is 2. The molecule has 1 aromatic heterocycles. The van der Waals surface area contributed by atoms with Gasteiger partial charge in [-0.3, -0.25) is 19.8 Å². The molecule has 1 aliphatic heterocycles. The molecule has 0 radical (unpaired) electrons. The predicted molar refractivity (Wildman–Crippen MR) is 64.5 cm³/mol. The molecular formula is C11H15N3O2S. The normalized spacial score (nSPS) is 22.9. The molecule has 2 amide bonds. The number of hydrogen-bond acceptors (Lipinski definition) is 5. The van der Waals surface area contributed by atoms with Gasteiger partial charge in [0, 0.05) is 24.9 Å². The first-order valence-corrected chi connectivity index (χ1v) is 6.48. The lowest BCUT2D eigenvalue weighted by atomic mass is 10.0. The maximum Gasteiger partial charge on any atom is 0.246 e. The summed E-state index contributed by atoms with van der Waals surface area (Å²) in [6.07, 6.45) is 0.986. The van der Waals surface area contributed by atoms with E-state index in [0.29, 0.717) is 12.8 Å². The average molecular weight is 253 g/mol. The number of nitrogens with one attached hydrogen (secondary N) is 1. The van der Waals surface area contributed by atoms with Crippen molar-refractivity contribution in [2.75, 3.05) is 7.05 Å². The number of amides is 2. The summed E-state index contributed by atoms with van der Waals surface area (Å²) in [5.41, 5.74) is 2.70. The second-order valence-electron chi connectivity index (χ2n) is 4.18. The molecule has 1 aliphatic rings. The monoisotopic (exact) mass is 253 g/mol. The molecule has 0 spiro atoms. The number of thiazole rings is 1. The highest BCUT2D eigenvalue weighted by Crippen LogP contribution is 2.17. The zero-order valence-electron chi connectivity index (χ0n) is 9.84. The van der Waals surface area contributed by atoms with Gasteiger partial charge in [-0.25, -0.2) is 4.98 Å². The average Bonchev–Trinajstić information content (AvgIpc) is 2.83. The molecular weight excluding hydrogens is 238 g/mol. The zero-order chi connectivity index (χ0) is 12.4. The third-order valence-corrected chi connectivity index (χ3v) is 3.60. The van der Waals surface area contributed by atoms with Gasteiger partial charge < -0.3 is 0 Å². The molecule has 0 aromatic carbocycles. The van der Waals surface area contributed by atoms with Gasteiger partial charge in [0.25, 0.3) is 0 Å². The van der Waals surface area contributed by atoms with E-state index in [2.05, 4.69) is 10.3 Å². The van der Waals surface area contributed by atoms with Gasteiger partial charge in [-0.05, 0) is 13.3 Å². The summed E-state index contributed by atoms with van der Waals surface area (Å²) >= 11 is 1.53. The van der Waals surface area contributed by atoms with E-state index < -0.39 is 0 Å². The minimum atomic E-state index is -0.283. The Morgan fingerprint density at radius 2 is 2.35 bits per heavy atom. The molecule has 1 fully saturated rings. The Bertz CT molecular complexity index is 418. The lowest BCUT2D eigenvalue weighted by molar-refractivity contribution is -0.148. The summed E-state index contributed by atoms with van der Waals surface area (Å²) in [7, 11) is 1.53. The predicted octanol–water partition coefficient (Wildman–Crippen LogP) is 0.941. The summed E-state index contributed by atoms with van der Waals surface area (Å²) in [5, 5.41) is 5.18. The minimum absolute atomic E-state index is 0.0248. The fourth-order valence-corrected chi connectivity index (χ4v) is 2.54. The lowest BCUT2D eigenvalue weighted by Gasteiger charge is -2.30. The smallest absolute Gasteiger partial charge is 0.246 e. The van der Waals surface area contributed by atoms with E-state index in [1.807, 2.05) is 12.3 Å². The van der Waals surface area contributed by atoms with Crippen LogP contribution in [0.4, 0.5) is 0 Å². The van der Waals surface area contributed by atoms with Crippen molar-refractivity contribution >= 4 is 23.2 Å². The fourth-order valence-electron chi connectivity index (χ4n) is 1.89. The Morgan fingerprint density at radius 3 is 3.00 bits per heavy atom. The molecule has 6 heteroatoms. The Hall–Kier alpha value is -1.27. The van der Waals surface area contributed by atoms with Crippen LogP contribution in [0.3, 0.4) is 0 Å². The summed E-state index contributed by atoms with van der Waals surface area (Å²) in [6, 6.07) is -0.258. The van der Waals surface area contributed by atoms with Crippen LogP contribution in [-0.2, 0) is 9.59 Å². The quantitative estimate of drug-likeness (QED) is 0.814. The van der Waals surface area contributed by atoms with E-state index in [1.54, 1.807) is 5.51 Å². The maximum atomic E-state index is 11.9. The number of imide groups is 1. The Balaban J connectivity index is 2.00. The van der Waals surface area contributed by atoms with Crippen LogP contribution in [0.2, 0.25) is 0 Å². The van der Waals surface area contributed by atoms with Crippen molar-refractivity contribution in [3.63, 3.8) is 0 Å². The maximum absolute atomic E-state index is 11.9. The van der Waals surface area contributed by atoms with Crippen LogP contribution in [0, 0.1) is 0 Å². The number of hydrogen-bond donors (Lipinski definition) is 1. The SMILES string of the molecule is CC(NC1CCC(=O)N(C)C1=O)c1cscn1. The molecule has 0 bridgehead atoms. The minimum Gasteiger partial charge on any atom is -0.298 e. The van der Waals surface area contributed by atoms with Crippen molar-refractivity contribution in [3.8, 4) is 0 Å². The van der Waals surface area contributed by atoms with Gasteiger partial charge in [-0.1, -0.05) is 0 Å². The van der Waals surface area contributed by atoms with E-state index in [4.69, 9.17) is 0 Å². The standard InChI is InChI=1S/C11H15N3O2S/c1-7(9-5-17-6-12-9)13-8-3-4-10(15)14(2)11(8)16/h5-8,13H,3-4H2,1-2H3. The van der Waals surface area contributed by atoms with Crippen molar-refractivity contribution in [1.29, 1.82) is 0 Å². The highest BCUT2D eigenvalue weighted by molar-refractivity contribution is 7.07. The first-order valence-electron chi connectivity index (χ1n) is 5.54. The molecule has 5 nitrogen and oxygen atoms in total. The molecule has 0 saturated carbocycles. The third kappa shape index (κ3) is 2.53. The van der Waals surface area contributed by atoms with Crippen LogP contribution in [-0.4, -0.2) is 34.8 Å². The molecule has 1 N–H and O–H groups in total. The molecule has 2 atom stereocenters. The molecule has 2 rings (SSSR count). The number of rotatable bonds is 3. The van der Waals surface area contributed by atoms with Crippen molar-refractivity contribution in [2.24, 2.45) is 0 Å². The summed E-state index contributed by atoms with van der Waals surface area (Å²) in [5.74, 6) is -0.252. The first-order chi connectivity index (χ1) is 8.09. The van der Waals surface area contributed by atoms with Crippen LogP contribution < -0.4 is 5.32 Å². The van der Waals surface area contributed by atoms with Crippen LogP contribution >= 0.6 is 11.3 Å². The van der Waals surface area contributed by atoms with E-state index >= 15 is 0 Å². The van der Waals surface area contributed by atoms with Crippen molar-refractivity contribution in [1.82, 2.24) is 15.2 Å². The first kappa shape index (κ1) is 12.2. The van der Waals surface area contributed by atoms with Crippen LogP contribution in [0.25, 0.3) is 0 Å². The highest BCUT2D eigenvalue weighted by atomic mass is 32.1. The number of likely N-dealkylation sites (tertiary alicyclic amines) is 1. The van der Waals surface area contributed by atoms with Gasteiger partial charge in [0.2, 0.25) is 11.8 Å². The topological polar surface area (TPSA) is 62.3 Å². The Kier molecular flexibility index (Phi) is 3.54. The number of aromatic nitrogens is 1. The van der Waals surface area contributed by atoms with E-state index in [-0.39, 0.29) is 23.9 Å².